The van der Waals surface area contributed by atoms with Crippen LogP contribution in [0.15, 0.2) is 24.3 Å². The molecule has 0 heterocycles. The molecule has 1 rings (SSSR count). The van der Waals surface area contributed by atoms with Gasteiger partial charge in [-0.05, 0) is 43.7 Å². The lowest BCUT2D eigenvalue weighted by atomic mass is 9.90. The Labute approximate surface area is 93.1 Å². The van der Waals surface area contributed by atoms with E-state index in [4.69, 9.17) is 0 Å². The smallest absolute Gasteiger partial charge is 0.0843 e. The molecule has 0 amide bonds. The number of hydrogen-bond donors (Lipinski definition) is 1. The average molecular weight is 206 g/mol. The first-order chi connectivity index (χ1) is 6.91. The SMILES string of the molecule is CC(C)CCc1ccccc1C(C)(C)O. The summed E-state index contributed by atoms with van der Waals surface area (Å²) in [6.07, 6.45) is 2.23. The minimum atomic E-state index is -0.729. The summed E-state index contributed by atoms with van der Waals surface area (Å²) >= 11 is 0. The van der Waals surface area contributed by atoms with Gasteiger partial charge in [-0.1, -0.05) is 38.1 Å². The van der Waals surface area contributed by atoms with E-state index < -0.39 is 5.60 Å². The highest BCUT2D eigenvalue weighted by atomic mass is 16.3. The molecule has 0 aromatic heterocycles. The van der Waals surface area contributed by atoms with Gasteiger partial charge in [0, 0.05) is 0 Å². The van der Waals surface area contributed by atoms with Crippen molar-refractivity contribution in [2.75, 3.05) is 0 Å². The van der Waals surface area contributed by atoms with Crippen LogP contribution in [0.2, 0.25) is 0 Å². The van der Waals surface area contributed by atoms with E-state index in [2.05, 4.69) is 19.9 Å². The average Bonchev–Trinajstić information content (AvgIpc) is 2.13. The number of hydrogen-bond acceptors (Lipinski definition) is 1. The van der Waals surface area contributed by atoms with Crippen molar-refractivity contribution in [1.82, 2.24) is 0 Å². The molecule has 0 aliphatic heterocycles. The normalized spacial score (nSPS) is 12.1. The van der Waals surface area contributed by atoms with Crippen LogP contribution in [0.4, 0.5) is 0 Å². The third kappa shape index (κ3) is 3.67. The highest BCUT2D eigenvalue weighted by molar-refractivity contribution is 5.31. The van der Waals surface area contributed by atoms with Gasteiger partial charge in [0.1, 0.15) is 0 Å². The molecule has 0 radical (unpaired) electrons. The summed E-state index contributed by atoms with van der Waals surface area (Å²) in [5, 5.41) is 10.0. The Balaban J connectivity index is 2.87. The molecule has 15 heavy (non-hydrogen) atoms. The van der Waals surface area contributed by atoms with Gasteiger partial charge in [0.15, 0.2) is 0 Å². The van der Waals surface area contributed by atoms with Crippen LogP contribution < -0.4 is 0 Å². The molecular formula is C14H22O. The van der Waals surface area contributed by atoms with E-state index in [1.165, 1.54) is 12.0 Å². The summed E-state index contributed by atoms with van der Waals surface area (Å²) < 4.78 is 0. The predicted octanol–water partition coefficient (Wildman–Crippen LogP) is 3.50. The molecule has 0 spiro atoms. The van der Waals surface area contributed by atoms with Gasteiger partial charge in [-0.2, -0.15) is 0 Å². The molecule has 84 valence electrons. The molecule has 0 aliphatic carbocycles. The van der Waals surface area contributed by atoms with Crippen molar-refractivity contribution in [1.29, 1.82) is 0 Å². The standard InChI is InChI=1S/C14H22O/c1-11(2)9-10-12-7-5-6-8-13(12)14(3,4)15/h5-8,11,15H,9-10H2,1-4H3. The molecule has 0 unspecified atom stereocenters. The minimum Gasteiger partial charge on any atom is -0.386 e. The fourth-order valence-electron chi connectivity index (χ4n) is 1.78. The highest BCUT2D eigenvalue weighted by Crippen LogP contribution is 2.25. The van der Waals surface area contributed by atoms with Crippen LogP contribution in [-0.2, 0) is 12.0 Å². The fourth-order valence-corrected chi connectivity index (χ4v) is 1.78. The van der Waals surface area contributed by atoms with Gasteiger partial charge in [0.25, 0.3) is 0 Å². The van der Waals surface area contributed by atoms with E-state index in [1.807, 2.05) is 32.0 Å². The molecule has 0 saturated heterocycles. The van der Waals surface area contributed by atoms with Crippen LogP contribution in [0.3, 0.4) is 0 Å². The molecule has 0 saturated carbocycles. The van der Waals surface area contributed by atoms with E-state index in [1.54, 1.807) is 0 Å². The summed E-state index contributed by atoms with van der Waals surface area (Å²) in [4.78, 5) is 0. The monoisotopic (exact) mass is 206 g/mol. The molecule has 1 aromatic carbocycles. The largest absolute Gasteiger partial charge is 0.386 e. The first-order valence-electron chi connectivity index (χ1n) is 5.72. The van der Waals surface area contributed by atoms with Crippen LogP contribution >= 0.6 is 0 Å². The lowest BCUT2D eigenvalue weighted by Crippen LogP contribution is -2.18. The van der Waals surface area contributed by atoms with Crippen LogP contribution in [0.5, 0.6) is 0 Å². The second-order valence-electron chi connectivity index (χ2n) is 5.15. The van der Waals surface area contributed by atoms with Crippen molar-refractivity contribution < 1.29 is 5.11 Å². The molecule has 1 aromatic rings. The number of aryl methyl sites for hydroxylation is 1. The zero-order valence-corrected chi connectivity index (χ0v) is 10.2. The van der Waals surface area contributed by atoms with E-state index >= 15 is 0 Å². The van der Waals surface area contributed by atoms with Crippen molar-refractivity contribution in [3.8, 4) is 0 Å². The Hall–Kier alpha value is -0.820. The van der Waals surface area contributed by atoms with Gasteiger partial charge < -0.3 is 5.11 Å². The third-order valence-corrected chi connectivity index (χ3v) is 2.67. The van der Waals surface area contributed by atoms with Crippen LogP contribution in [0.25, 0.3) is 0 Å². The van der Waals surface area contributed by atoms with Gasteiger partial charge >= 0.3 is 0 Å². The van der Waals surface area contributed by atoms with Crippen LogP contribution in [-0.4, -0.2) is 5.11 Å². The van der Waals surface area contributed by atoms with Gasteiger partial charge in [-0.25, -0.2) is 0 Å². The minimum absolute atomic E-state index is 0.708. The lowest BCUT2D eigenvalue weighted by Gasteiger charge is -2.22. The maximum atomic E-state index is 10.0. The van der Waals surface area contributed by atoms with E-state index in [9.17, 15) is 5.11 Å². The van der Waals surface area contributed by atoms with Crippen molar-refractivity contribution in [2.24, 2.45) is 5.92 Å². The number of rotatable bonds is 4. The zero-order chi connectivity index (χ0) is 11.5. The van der Waals surface area contributed by atoms with Crippen molar-refractivity contribution in [3.05, 3.63) is 35.4 Å². The molecule has 0 fully saturated rings. The molecular weight excluding hydrogens is 184 g/mol. The van der Waals surface area contributed by atoms with Gasteiger partial charge in [0.2, 0.25) is 0 Å². The third-order valence-electron chi connectivity index (χ3n) is 2.67. The predicted molar refractivity (Wildman–Crippen MR) is 64.8 cm³/mol. The summed E-state index contributed by atoms with van der Waals surface area (Å²) in [5.74, 6) is 0.708. The Bertz CT molecular complexity index is 307. The Morgan fingerprint density at radius 3 is 2.33 bits per heavy atom. The maximum Gasteiger partial charge on any atom is 0.0843 e. The van der Waals surface area contributed by atoms with E-state index in [0.29, 0.717) is 5.92 Å². The molecule has 1 N–H and O–H groups in total. The molecule has 1 heteroatoms. The second-order valence-corrected chi connectivity index (χ2v) is 5.15. The topological polar surface area (TPSA) is 20.2 Å². The van der Waals surface area contributed by atoms with Crippen molar-refractivity contribution in [3.63, 3.8) is 0 Å². The Morgan fingerprint density at radius 1 is 1.20 bits per heavy atom. The first kappa shape index (κ1) is 12.3. The van der Waals surface area contributed by atoms with Crippen molar-refractivity contribution >= 4 is 0 Å². The summed E-state index contributed by atoms with van der Waals surface area (Å²) in [6, 6.07) is 8.18. The summed E-state index contributed by atoms with van der Waals surface area (Å²) in [6.45, 7) is 8.15. The summed E-state index contributed by atoms with van der Waals surface area (Å²) in [5.41, 5.74) is 1.61. The number of aliphatic hydroxyl groups is 1. The molecule has 0 aliphatic rings. The molecule has 0 atom stereocenters. The molecule has 1 nitrogen and oxygen atoms in total. The van der Waals surface area contributed by atoms with Crippen molar-refractivity contribution in [2.45, 2.75) is 46.1 Å². The zero-order valence-electron chi connectivity index (χ0n) is 10.2. The van der Waals surface area contributed by atoms with Crippen LogP contribution in [0.1, 0.15) is 45.2 Å². The Morgan fingerprint density at radius 2 is 1.80 bits per heavy atom. The number of benzene rings is 1. The highest BCUT2D eigenvalue weighted by Gasteiger charge is 2.18. The lowest BCUT2D eigenvalue weighted by molar-refractivity contribution is 0.0775. The van der Waals surface area contributed by atoms with Gasteiger partial charge in [0.05, 0.1) is 5.60 Å². The van der Waals surface area contributed by atoms with Gasteiger partial charge in [-0.3, -0.25) is 0 Å². The second kappa shape index (κ2) is 4.80. The fraction of sp³-hybridized carbons (Fsp3) is 0.571. The Kier molecular flexibility index (Phi) is 3.92. The first-order valence-corrected chi connectivity index (χ1v) is 5.72. The van der Waals surface area contributed by atoms with Gasteiger partial charge in [-0.15, -0.1) is 0 Å². The van der Waals surface area contributed by atoms with E-state index in [0.717, 1.165) is 12.0 Å². The van der Waals surface area contributed by atoms with E-state index in [-0.39, 0.29) is 0 Å². The molecule has 0 bridgehead atoms. The summed E-state index contributed by atoms with van der Waals surface area (Å²) in [7, 11) is 0. The van der Waals surface area contributed by atoms with Crippen LogP contribution in [0, 0.1) is 5.92 Å². The maximum absolute atomic E-state index is 10.0. The quantitative estimate of drug-likeness (QED) is 0.799.